The smallest absolute Gasteiger partial charge is 0.232 e. The van der Waals surface area contributed by atoms with Crippen molar-refractivity contribution in [2.75, 3.05) is 13.1 Å². The van der Waals surface area contributed by atoms with Crippen LogP contribution < -0.4 is 5.73 Å². The van der Waals surface area contributed by atoms with Gasteiger partial charge in [0.25, 0.3) is 0 Å². The third-order valence-electron chi connectivity index (χ3n) is 2.41. The Hall–Kier alpha value is -0.640. The Kier molecular flexibility index (Phi) is 7.30. The Morgan fingerprint density at radius 1 is 1.33 bits per heavy atom. The molecule has 0 aliphatic carbocycles. The topological polar surface area (TPSA) is 46.3 Å². The largest absolute Gasteiger partial charge is 0.393 e. The Morgan fingerprint density at radius 2 is 1.93 bits per heavy atom. The third-order valence-corrected chi connectivity index (χ3v) is 2.69. The van der Waals surface area contributed by atoms with Gasteiger partial charge >= 0.3 is 0 Å². The van der Waals surface area contributed by atoms with Crippen LogP contribution in [0.15, 0.2) is 0 Å². The predicted octanol–water partition coefficient (Wildman–Crippen LogP) is 1.95. The van der Waals surface area contributed by atoms with Crippen molar-refractivity contribution in [2.45, 2.75) is 40.0 Å². The second-order valence-electron chi connectivity index (χ2n) is 3.66. The van der Waals surface area contributed by atoms with Crippen LogP contribution in [-0.4, -0.2) is 28.9 Å². The Bertz CT molecular complexity index is 219. The monoisotopic (exact) mass is 230 g/mol. The molecule has 1 amide bonds. The summed E-state index contributed by atoms with van der Waals surface area (Å²) in [6, 6.07) is 0. The summed E-state index contributed by atoms with van der Waals surface area (Å²) in [5.74, 6) is -0.176. The second kappa shape index (κ2) is 7.63. The number of nitrogens with two attached hydrogens (primary N) is 1. The number of nitrogens with zero attached hydrogens (tertiary/aromatic N) is 1. The van der Waals surface area contributed by atoms with E-state index < -0.39 is 0 Å². The molecule has 88 valence electrons. The summed E-state index contributed by atoms with van der Waals surface area (Å²) in [5, 5.41) is 0. The van der Waals surface area contributed by atoms with Crippen LogP contribution in [0.2, 0.25) is 0 Å². The number of carbonyl (C=O) groups is 1. The summed E-state index contributed by atoms with van der Waals surface area (Å²) < 4.78 is 0. The fraction of sp³-hybridized carbons (Fsp3) is 0.818. The van der Waals surface area contributed by atoms with E-state index in [1.54, 1.807) is 0 Å². The highest BCUT2D eigenvalue weighted by molar-refractivity contribution is 7.80. The van der Waals surface area contributed by atoms with Crippen LogP contribution in [0.1, 0.15) is 40.0 Å². The van der Waals surface area contributed by atoms with Gasteiger partial charge in [0.2, 0.25) is 5.91 Å². The number of amides is 1. The Morgan fingerprint density at radius 3 is 2.27 bits per heavy atom. The third kappa shape index (κ3) is 4.60. The number of carbonyl (C=O) groups excluding carboxylic acids is 1. The molecule has 0 fully saturated rings. The van der Waals surface area contributed by atoms with E-state index in [4.69, 9.17) is 18.0 Å². The number of hydrogen-bond acceptors (Lipinski definition) is 2. The highest BCUT2D eigenvalue weighted by atomic mass is 32.1. The normalized spacial score (nSPS) is 12.2. The lowest BCUT2D eigenvalue weighted by Gasteiger charge is -2.25. The van der Waals surface area contributed by atoms with E-state index in [0.717, 1.165) is 32.4 Å². The molecule has 15 heavy (non-hydrogen) atoms. The van der Waals surface area contributed by atoms with Crippen molar-refractivity contribution in [3.63, 3.8) is 0 Å². The van der Waals surface area contributed by atoms with Crippen LogP contribution in [0.5, 0.6) is 0 Å². The van der Waals surface area contributed by atoms with Crippen molar-refractivity contribution >= 4 is 23.1 Å². The average Bonchev–Trinajstić information content (AvgIpc) is 2.21. The van der Waals surface area contributed by atoms with Gasteiger partial charge in [0.1, 0.15) is 0 Å². The number of rotatable bonds is 7. The molecule has 4 heteroatoms. The molecule has 0 aliphatic heterocycles. The zero-order valence-corrected chi connectivity index (χ0v) is 10.8. The van der Waals surface area contributed by atoms with E-state index in [-0.39, 0.29) is 11.8 Å². The lowest BCUT2D eigenvalue weighted by atomic mass is 10.0. The molecule has 0 rings (SSSR count). The highest BCUT2D eigenvalue weighted by Gasteiger charge is 2.24. The molecular formula is C11H22N2OS. The molecule has 3 nitrogen and oxygen atoms in total. The van der Waals surface area contributed by atoms with Crippen LogP contribution >= 0.6 is 12.2 Å². The summed E-state index contributed by atoms with van der Waals surface area (Å²) >= 11 is 4.94. The van der Waals surface area contributed by atoms with Gasteiger partial charge < -0.3 is 10.6 Å². The average molecular weight is 230 g/mol. The molecule has 0 spiro atoms. The van der Waals surface area contributed by atoms with Crippen LogP contribution in [0.4, 0.5) is 0 Å². The number of thiocarbonyl (C=S) groups is 1. The number of hydrogen-bond donors (Lipinski definition) is 1. The first-order valence-electron chi connectivity index (χ1n) is 5.66. The lowest BCUT2D eigenvalue weighted by molar-refractivity contribution is -0.133. The van der Waals surface area contributed by atoms with E-state index in [2.05, 4.69) is 6.92 Å². The van der Waals surface area contributed by atoms with Crippen LogP contribution in [0.3, 0.4) is 0 Å². The fourth-order valence-corrected chi connectivity index (χ4v) is 1.81. The van der Waals surface area contributed by atoms with Crippen molar-refractivity contribution in [2.24, 2.45) is 11.7 Å². The Balaban J connectivity index is 4.51. The quantitative estimate of drug-likeness (QED) is 0.680. The summed E-state index contributed by atoms with van der Waals surface area (Å²) in [7, 11) is 0. The van der Waals surface area contributed by atoms with Crippen LogP contribution in [-0.2, 0) is 4.79 Å². The first-order valence-corrected chi connectivity index (χ1v) is 6.07. The van der Waals surface area contributed by atoms with Crippen molar-refractivity contribution in [1.29, 1.82) is 0 Å². The minimum absolute atomic E-state index is 0.0914. The summed E-state index contributed by atoms with van der Waals surface area (Å²) in [6.45, 7) is 7.60. The molecule has 0 heterocycles. The summed E-state index contributed by atoms with van der Waals surface area (Å²) in [6.07, 6.45) is 2.65. The van der Waals surface area contributed by atoms with E-state index in [0.29, 0.717) is 4.99 Å². The van der Waals surface area contributed by atoms with E-state index in [1.165, 1.54) is 0 Å². The zero-order valence-electron chi connectivity index (χ0n) is 9.95. The van der Waals surface area contributed by atoms with E-state index in [1.807, 2.05) is 18.7 Å². The molecule has 0 bridgehead atoms. The predicted molar refractivity (Wildman–Crippen MR) is 67.7 cm³/mol. The van der Waals surface area contributed by atoms with Gasteiger partial charge in [-0.25, -0.2) is 0 Å². The molecule has 0 aliphatic rings. The van der Waals surface area contributed by atoms with Crippen molar-refractivity contribution in [3.8, 4) is 0 Å². The molecule has 0 saturated heterocycles. The van der Waals surface area contributed by atoms with E-state index in [9.17, 15) is 4.79 Å². The van der Waals surface area contributed by atoms with Gasteiger partial charge in [-0.05, 0) is 19.8 Å². The molecule has 1 atom stereocenters. The first-order chi connectivity index (χ1) is 7.08. The molecule has 0 aromatic rings. The van der Waals surface area contributed by atoms with Gasteiger partial charge in [-0.1, -0.05) is 32.5 Å². The van der Waals surface area contributed by atoms with Crippen molar-refractivity contribution in [1.82, 2.24) is 4.90 Å². The minimum Gasteiger partial charge on any atom is -0.393 e. The summed E-state index contributed by atoms with van der Waals surface area (Å²) in [4.78, 5) is 14.2. The van der Waals surface area contributed by atoms with Gasteiger partial charge in [0.05, 0.1) is 10.9 Å². The second-order valence-corrected chi connectivity index (χ2v) is 4.13. The highest BCUT2D eigenvalue weighted by Crippen LogP contribution is 2.11. The molecule has 0 radical (unpaired) electrons. The zero-order chi connectivity index (χ0) is 11.8. The summed E-state index contributed by atoms with van der Waals surface area (Å²) in [5.41, 5.74) is 5.60. The Labute approximate surface area is 98.0 Å². The lowest BCUT2D eigenvalue weighted by Crippen LogP contribution is -2.41. The maximum Gasteiger partial charge on any atom is 0.232 e. The van der Waals surface area contributed by atoms with E-state index >= 15 is 0 Å². The van der Waals surface area contributed by atoms with Gasteiger partial charge in [-0.2, -0.15) is 0 Å². The molecule has 0 aromatic carbocycles. The van der Waals surface area contributed by atoms with Gasteiger partial charge in [0.15, 0.2) is 0 Å². The van der Waals surface area contributed by atoms with Crippen molar-refractivity contribution in [3.05, 3.63) is 0 Å². The molecule has 0 aromatic heterocycles. The fourth-order valence-electron chi connectivity index (χ4n) is 1.59. The minimum atomic E-state index is -0.267. The molecule has 0 saturated carbocycles. The molecule has 1 unspecified atom stereocenters. The SMILES string of the molecule is CCCC(C(=O)N(CC)CCC)C(N)=S. The van der Waals surface area contributed by atoms with Gasteiger partial charge in [0, 0.05) is 13.1 Å². The molecular weight excluding hydrogens is 208 g/mol. The maximum absolute atomic E-state index is 12.1. The first kappa shape index (κ1) is 14.4. The van der Waals surface area contributed by atoms with Gasteiger partial charge in [-0.3, -0.25) is 4.79 Å². The van der Waals surface area contributed by atoms with Gasteiger partial charge in [-0.15, -0.1) is 0 Å². The van der Waals surface area contributed by atoms with Crippen molar-refractivity contribution < 1.29 is 4.79 Å². The standard InChI is InChI=1S/C11H22N2OS/c1-4-7-9(10(12)15)11(14)13(6-3)8-5-2/h9H,4-8H2,1-3H3,(H2,12,15). The molecule has 2 N–H and O–H groups in total. The maximum atomic E-state index is 12.1. The van der Waals surface area contributed by atoms with Crippen LogP contribution in [0, 0.1) is 5.92 Å². The van der Waals surface area contributed by atoms with Crippen LogP contribution in [0.25, 0.3) is 0 Å².